The first kappa shape index (κ1) is 13.5. The number of thiazole rings is 1. The Morgan fingerprint density at radius 3 is 2.78 bits per heavy atom. The highest BCUT2D eigenvalue weighted by Gasteiger charge is 2.06. The zero-order valence-corrected chi connectivity index (χ0v) is 11.9. The highest BCUT2D eigenvalue weighted by molar-refractivity contribution is 7.09. The van der Waals surface area contributed by atoms with Crippen LogP contribution in [-0.2, 0) is 17.0 Å². The van der Waals surface area contributed by atoms with Gasteiger partial charge in [-0.05, 0) is 12.5 Å². The van der Waals surface area contributed by atoms with Crippen LogP contribution in [0.4, 0.5) is 0 Å². The predicted molar refractivity (Wildman–Crippen MR) is 76.2 cm³/mol. The molecule has 0 aliphatic rings. The maximum atomic E-state index is 5.81. The molecule has 0 saturated heterocycles. The summed E-state index contributed by atoms with van der Waals surface area (Å²) in [6.07, 6.45) is 0.970. The molecule has 0 aliphatic heterocycles. The highest BCUT2D eigenvalue weighted by Crippen LogP contribution is 2.17. The minimum absolute atomic E-state index is 0.124. The van der Waals surface area contributed by atoms with Gasteiger partial charge in [-0.15, -0.1) is 22.9 Å². The van der Waals surface area contributed by atoms with Gasteiger partial charge < -0.3 is 4.74 Å². The van der Waals surface area contributed by atoms with Gasteiger partial charge >= 0.3 is 0 Å². The van der Waals surface area contributed by atoms with Crippen molar-refractivity contribution in [3.8, 4) is 0 Å². The average Bonchev–Trinajstić information content (AvgIpc) is 2.87. The van der Waals surface area contributed by atoms with Gasteiger partial charge in [0.05, 0.1) is 29.3 Å². The highest BCUT2D eigenvalue weighted by atomic mass is 35.5. The average molecular weight is 282 g/mol. The van der Waals surface area contributed by atoms with Crippen molar-refractivity contribution < 1.29 is 4.74 Å². The van der Waals surface area contributed by atoms with Crippen LogP contribution in [0.3, 0.4) is 0 Å². The Labute approximate surface area is 117 Å². The Bertz CT molecular complexity index is 472. The van der Waals surface area contributed by atoms with Gasteiger partial charge in [0.15, 0.2) is 0 Å². The van der Waals surface area contributed by atoms with Gasteiger partial charge in [-0.25, -0.2) is 4.98 Å². The minimum atomic E-state index is 0.124. The van der Waals surface area contributed by atoms with Crippen molar-refractivity contribution in [1.82, 2.24) is 4.98 Å². The molecule has 1 aromatic heterocycles. The summed E-state index contributed by atoms with van der Waals surface area (Å²) in [5, 5.41) is 3.09. The van der Waals surface area contributed by atoms with Gasteiger partial charge in [0.25, 0.3) is 0 Å². The van der Waals surface area contributed by atoms with Crippen molar-refractivity contribution in [2.24, 2.45) is 0 Å². The molecule has 0 radical (unpaired) electrons. The fraction of sp³-hybridized carbons (Fsp3) is 0.357. The van der Waals surface area contributed by atoms with E-state index in [1.54, 1.807) is 11.3 Å². The maximum Gasteiger partial charge on any atom is 0.0951 e. The molecular formula is C14H16ClNOS. The topological polar surface area (TPSA) is 22.1 Å². The van der Waals surface area contributed by atoms with Crippen molar-refractivity contribution in [2.45, 2.75) is 25.3 Å². The van der Waals surface area contributed by atoms with Crippen LogP contribution in [0.2, 0.25) is 0 Å². The van der Waals surface area contributed by atoms with Crippen LogP contribution in [0, 0.1) is 0 Å². The number of alkyl halides is 1. The summed E-state index contributed by atoms with van der Waals surface area (Å²) in [6.45, 7) is 2.76. The molecule has 1 unspecified atom stereocenters. The predicted octanol–water partition coefficient (Wildman–Crippen LogP) is 4.20. The number of hydrogen-bond donors (Lipinski definition) is 0. The molecule has 0 aliphatic carbocycles. The van der Waals surface area contributed by atoms with Gasteiger partial charge in [0, 0.05) is 11.8 Å². The fourth-order valence-corrected chi connectivity index (χ4v) is 2.68. The number of halogens is 1. The lowest BCUT2D eigenvalue weighted by atomic mass is 10.1. The fourth-order valence-electron chi connectivity index (χ4n) is 1.67. The Morgan fingerprint density at radius 1 is 1.33 bits per heavy atom. The standard InChI is InChI=1S/C14H16ClNOS/c1-11(12-5-3-2-4-6-12)17-8-7-14-16-13(9-15)10-18-14/h2-6,10-11H,7-9H2,1H3. The molecule has 0 fully saturated rings. The Balaban J connectivity index is 1.78. The molecule has 0 saturated carbocycles. The van der Waals surface area contributed by atoms with Crippen LogP contribution in [0.25, 0.3) is 0 Å². The molecule has 1 aromatic carbocycles. The second kappa shape index (κ2) is 6.88. The van der Waals surface area contributed by atoms with E-state index in [9.17, 15) is 0 Å². The van der Waals surface area contributed by atoms with Crippen LogP contribution in [0.1, 0.15) is 29.3 Å². The molecule has 2 aromatic rings. The van der Waals surface area contributed by atoms with E-state index in [2.05, 4.69) is 24.0 Å². The number of rotatable bonds is 6. The third-order valence-corrected chi connectivity index (χ3v) is 3.92. The Kier molecular flexibility index (Phi) is 5.17. The van der Waals surface area contributed by atoms with Gasteiger partial charge in [-0.1, -0.05) is 30.3 Å². The first-order valence-corrected chi connectivity index (χ1v) is 7.37. The maximum absolute atomic E-state index is 5.81. The lowest BCUT2D eigenvalue weighted by molar-refractivity contribution is 0.0681. The number of ether oxygens (including phenoxy) is 1. The molecule has 2 nitrogen and oxygen atoms in total. The van der Waals surface area contributed by atoms with Crippen molar-refractivity contribution in [2.75, 3.05) is 6.61 Å². The third kappa shape index (κ3) is 3.80. The molecule has 96 valence electrons. The van der Waals surface area contributed by atoms with E-state index >= 15 is 0 Å². The molecule has 18 heavy (non-hydrogen) atoms. The van der Waals surface area contributed by atoms with E-state index in [1.807, 2.05) is 23.6 Å². The van der Waals surface area contributed by atoms with E-state index in [-0.39, 0.29) is 6.10 Å². The molecule has 0 N–H and O–H groups in total. The molecule has 0 spiro atoms. The van der Waals surface area contributed by atoms with E-state index in [0.29, 0.717) is 12.5 Å². The zero-order chi connectivity index (χ0) is 12.8. The summed E-state index contributed by atoms with van der Waals surface area (Å²) in [7, 11) is 0. The van der Waals surface area contributed by atoms with Crippen molar-refractivity contribution in [3.05, 3.63) is 52.0 Å². The first-order valence-electron chi connectivity index (χ1n) is 5.95. The van der Waals surface area contributed by atoms with Crippen molar-refractivity contribution in [1.29, 1.82) is 0 Å². The number of nitrogens with zero attached hydrogens (tertiary/aromatic N) is 1. The van der Waals surface area contributed by atoms with Gasteiger partial charge in [0.1, 0.15) is 0 Å². The number of hydrogen-bond acceptors (Lipinski definition) is 3. The molecule has 2 rings (SSSR count). The van der Waals surface area contributed by atoms with E-state index in [0.717, 1.165) is 17.1 Å². The van der Waals surface area contributed by atoms with E-state index in [4.69, 9.17) is 16.3 Å². The second-order valence-corrected chi connectivity index (χ2v) is 5.25. The molecule has 0 amide bonds. The summed E-state index contributed by atoms with van der Waals surface area (Å²) in [4.78, 5) is 4.40. The molecule has 1 heterocycles. The largest absolute Gasteiger partial charge is 0.373 e. The molecular weight excluding hydrogens is 266 g/mol. The van der Waals surface area contributed by atoms with Crippen LogP contribution in [0.5, 0.6) is 0 Å². The summed E-state index contributed by atoms with van der Waals surface area (Å²) in [6, 6.07) is 10.2. The molecule has 4 heteroatoms. The normalized spacial score (nSPS) is 12.6. The summed E-state index contributed by atoms with van der Waals surface area (Å²) in [5.41, 5.74) is 2.16. The van der Waals surface area contributed by atoms with Crippen molar-refractivity contribution in [3.63, 3.8) is 0 Å². The summed E-state index contributed by atoms with van der Waals surface area (Å²) < 4.78 is 5.81. The smallest absolute Gasteiger partial charge is 0.0951 e. The van der Waals surface area contributed by atoms with E-state index in [1.165, 1.54) is 5.56 Å². The van der Waals surface area contributed by atoms with Crippen molar-refractivity contribution >= 4 is 22.9 Å². The monoisotopic (exact) mass is 281 g/mol. The Hall–Kier alpha value is -0.900. The van der Waals surface area contributed by atoms with Gasteiger partial charge in [-0.3, -0.25) is 0 Å². The van der Waals surface area contributed by atoms with Crippen LogP contribution in [-0.4, -0.2) is 11.6 Å². The van der Waals surface area contributed by atoms with E-state index < -0.39 is 0 Å². The molecule has 0 bridgehead atoms. The quantitative estimate of drug-likeness (QED) is 0.740. The Morgan fingerprint density at radius 2 is 2.11 bits per heavy atom. The van der Waals surface area contributed by atoms with Crippen LogP contribution in [0.15, 0.2) is 35.7 Å². The lowest BCUT2D eigenvalue weighted by Crippen LogP contribution is -2.03. The summed E-state index contributed by atoms with van der Waals surface area (Å²) >= 11 is 7.36. The number of aromatic nitrogens is 1. The SMILES string of the molecule is CC(OCCc1nc(CCl)cs1)c1ccccc1. The minimum Gasteiger partial charge on any atom is -0.373 e. The molecule has 1 atom stereocenters. The van der Waals surface area contributed by atoms with Gasteiger partial charge in [-0.2, -0.15) is 0 Å². The van der Waals surface area contributed by atoms with Crippen LogP contribution >= 0.6 is 22.9 Å². The first-order chi connectivity index (χ1) is 8.79. The zero-order valence-electron chi connectivity index (χ0n) is 10.3. The third-order valence-electron chi connectivity index (χ3n) is 2.69. The second-order valence-electron chi connectivity index (χ2n) is 4.04. The number of benzene rings is 1. The van der Waals surface area contributed by atoms with Gasteiger partial charge in [0.2, 0.25) is 0 Å². The van der Waals surface area contributed by atoms with Crippen LogP contribution < -0.4 is 0 Å². The lowest BCUT2D eigenvalue weighted by Gasteiger charge is -2.12. The summed E-state index contributed by atoms with van der Waals surface area (Å²) in [5.74, 6) is 0.484.